The molecule has 2 N–H and O–H groups in total. The van der Waals surface area contributed by atoms with Crippen LogP contribution in [0.5, 0.6) is 6.01 Å². The summed E-state index contributed by atoms with van der Waals surface area (Å²) in [5, 5.41) is 3.74. The molecule has 100 valence electrons. The van der Waals surface area contributed by atoms with E-state index in [4.69, 9.17) is 10.5 Å². The lowest BCUT2D eigenvalue weighted by Crippen LogP contribution is -2.12. The van der Waals surface area contributed by atoms with Crippen molar-refractivity contribution in [2.45, 2.75) is 19.8 Å². The Balaban J connectivity index is 1.89. The molecular weight excluding hydrogens is 248 g/mol. The molecule has 0 spiro atoms. The monoisotopic (exact) mass is 262 g/mol. The number of hydrogen-bond donors (Lipinski definition) is 1. The van der Waals surface area contributed by atoms with Crippen molar-refractivity contribution in [1.82, 2.24) is 24.7 Å². The molecule has 0 atom stereocenters. The van der Waals surface area contributed by atoms with Gasteiger partial charge in [-0.25, -0.2) is 15.0 Å². The highest BCUT2D eigenvalue weighted by molar-refractivity contribution is 5.78. The average molecular weight is 262 g/mol. The maximum Gasteiger partial charge on any atom is 0.316 e. The molecule has 19 heavy (non-hydrogen) atoms. The number of aryl methyl sites for hydroxylation is 1. The minimum absolute atomic E-state index is 0.0813. The molecule has 0 fully saturated rings. The predicted molar refractivity (Wildman–Crippen MR) is 66.6 cm³/mol. The van der Waals surface area contributed by atoms with Gasteiger partial charge in [0.15, 0.2) is 0 Å². The van der Waals surface area contributed by atoms with E-state index in [9.17, 15) is 4.79 Å². The van der Waals surface area contributed by atoms with Gasteiger partial charge in [-0.1, -0.05) is 0 Å². The van der Waals surface area contributed by atoms with E-state index < -0.39 is 0 Å². The Hall–Kier alpha value is -2.51. The van der Waals surface area contributed by atoms with Gasteiger partial charge in [-0.05, 0) is 18.9 Å². The highest BCUT2D eigenvalue weighted by atomic mass is 16.5. The number of nitrogens with two attached hydrogens (primary N) is 1. The summed E-state index contributed by atoms with van der Waals surface area (Å²) < 4.78 is 6.26. The summed E-state index contributed by atoms with van der Waals surface area (Å²) in [6.45, 7) is 2.38. The van der Waals surface area contributed by atoms with E-state index in [0.29, 0.717) is 19.0 Å². The third-order valence-electron chi connectivity index (χ3n) is 2.35. The Morgan fingerprint density at radius 3 is 2.68 bits per heavy atom. The first-order valence-corrected chi connectivity index (χ1v) is 5.83. The Kier molecular flexibility index (Phi) is 4.01. The lowest BCUT2D eigenvalue weighted by atomic mass is 10.2. The van der Waals surface area contributed by atoms with E-state index in [1.807, 2.05) is 6.92 Å². The van der Waals surface area contributed by atoms with Crippen LogP contribution in [-0.2, 0) is 6.42 Å². The number of ether oxygens (including phenoxy) is 1. The molecule has 2 aromatic rings. The van der Waals surface area contributed by atoms with E-state index >= 15 is 0 Å². The van der Waals surface area contributed by atoms with Crippen LogP contribution < -0.4 is 10.5 Å². The third-order valence-corrected chi connectivity index (χ3v) is 2.35. The smallest absolute Gasteiger partial charge is 0.316 e. The first-order valence-electron chi connectivity index (χ1n) is 5.83. The molecule has 0 bridgehead atoms. The van der Waals surface area contributed by atoms with Crippen molar-refractivity contribution < 1.29 is 9.53 Å². The molecule has 0 aromatic carbocycles. The fraction of sp³-hybridized carbons (Fsp3) is 0.364. The maximum absolute atomic E-state index is 11.7. The first-order chi connectivity index (χ1) is 9.19. The molecule has 2 aromatic heterocycles. The molecule has 0 aliphatic carbocycles. The van der Waals surface area contributed by atoms with Crippen LogP contribution in [0.3, 0.4) is 0 Å². The SMILES string of the molecule is CCOc1ncc(CCC(=O)n2cnc(N)n2)cn1. The third kappa shape index (κ3) is 3.47. The number of anilines is 1. The summed E-state index contributed by atoms with van der Waals surface area (Å²) in [7, 11) is 0. The number of rotatable bonds is 5. The predicted octanol–water partition coefficient (Wildman–Crippen LogP) is 0.322. The summed E-state index contributed by atoms with van der Waals surface area (Å²) in [6.07, 6.45) is 5.37. The summed E-state index contributed by atoms with van der Waals surface area (Å²) in [4.78, 5) is 23.5. The minimum Gasteiger partial charge on any atom is -0.464 e. The molecule has 0 aliphatic rings. The number of nitrogens with zero attached hydrogens (tertiary/aromatic N) is 5. The van der Waals surface area contributed by atoms with Crippen molar-refractivity contribution in [3.63, 3.8) is 0 Å². The zero-order valence-electron chi connectivity index (χ0n) is 10.5. The number of hydrogen-bond acceptors (Lipinski definition) is 7. The molecule has 0 saturated carbocycles. The topological polar surface area (TPSA) is 109 Å². The van der Waals surface area contributed by atoms with Crippen LogP contribution in [0.15, 0.2) is 18.7 Å². The fourth-order valence-corrected chi connectivity index (χ4v) is 1.44. The summed E-state index contributed by atoms with van der Waals surface area (Å²) in [5.41, 5.74) is 6.19. The molecule has 2 heterocycles. The van der Waals surface area contributed by atoms with Gasteiger partial charge in [-0.15, -0.1) is 5.10 Å². The molecular formula is C11H14N6O2. The van der Waals surface area contributed by atoms with Crippen LogP contribution >= 0.6 is 0 Å². The lowest BCUT2D eigenvalue weighted by Gasteiger charge is -2.02. The Bertz CT molecular complexity index is 551. The van der Waals surface area contributed by atoms with Crippen LogP contribution in [0, 0.1) is 0 Å². The van der Waals surface area contributed by atoms with Crippen LogP contribution in [0.1, 0.15) is 23.7 Å². The van der Waals surface area contributed by atoms with E-state index in [0.717, 1.165) is 10.2 Å². The molecule has 0 radical (unpaired) electrons. The molecule has 8 nitrogen and oxygen atoms in total. The maximum atomic E-state index is 11.7. The highest BCUT2D eigenvalue weighted by Crippen LogP contribution is 2.06. The number of aromatic nitrogens is 5. The summed E-state index contributed by atoms with van der Waals surface area (Å²) in [6, 6.07) is 0.335. The van der Waals surface area contributed by atoms with Crippen molar-refractivity contribution >= 4 is 11.9 Å². The molecule has 0 amide bonds. The van der Waals surface area contributed by atoms with Gasteiger partial charge < -0.3 is 10.5 Å². The van der Waals surface area contributed by atoms with Crippen LogP contribution in [0.2, 0.25) is 0 Å². The van der Waals surface area contributed by atoms with Crippen molar-refractivity contribution in [1.29, 1.82) is 0 Å². The van der Waals surface area contributed by atoms with Crippen LogP contribution in [0.25, 0.3) is 0 Å². The Morgan fingerprint density at radius 2 is 2.11 bits per heavy atom. The molecule has 0 saturated heterocycles. The van der Waals surface area contributed by atoms with Crippen LogP contribution in [-0.4, -0.2) is 37.2 Å². The normalized spacial score (nSPS) is 10.4. The zero-order valence-corrected chi connectivity index (χ0v) is 10.5. The summed E-state index contributed by atoms with van der Waals surface area (Å²) >= 11 is 0. The average Bonchev–Trinajstić information content (AvgIpc) is 2.85. The molecule has 2 rings (SSSR count). The second-order valence-corrected chi connectivity index (χ2v) is 3.75. The van der Waals surface area contributed by atoms with E-state index in [1.54, 1.807) is 12.4 Å². The summed E-state index contributed by atoms with van der Waals surface area (Å²) in [5.74, 6) is -0.101. The number of carbonyl (C=O) groups is 1. The highest BCUT2D eigenvalue weighted by Gasteiger charge is 2.08. The van der Waals surface area contributed by atoms with Gasteiger partial charge in [0.1, 0.15) is 6.33 Å². The van der Waals surface area contributed by atoms with Crippen molar-refractivity contribution in [3.8, 4) is 6.01 Å². The van der Waals surface area contributed by atoms with Crippen LogP contribution in [0.4, 0.5) is 5.95 Å². The van der Waals surface area contributed by atoms with Crippen molar-refractivity contribution in [2.75, 3.05) is 12.3 Å². The fourth-order valence-electron chi connectivity index (χ4n) is 1.44. The largest absolute Gasteiger partial charge is 0.464 e. The second kappa shape index (κ2) is 5.89. The van der Waals surface area contributed by atoms with Gasteiger partial charge in [-0.3, -0.25) is 4.79 Å². The van der Waals surface area contributed by atoms with Gasteiger partial charge in [-0.2, -0.15) is 4.68 Å². The lowest BCUT2D eigenvalue weighted by molar-refractivity contribution is 0.0887. The zero-order chi connectivity index (χ0) is 13.7. The van der Waals surface area contributed by atoms with Gasteiger partial charge in [0.2, 0.25) is 11.9 Å². The van der Waals surface area contributed by atoms with Crippen molar-refractivity contribution in [3.05, 3.63) is 24.3 Å². The first kappa shape index (κ1) is 12.9. The Morgan fingerprint density at radius 1 is 1.37 bits per heavy atom. The van der Waals surface area contributed by atoms with E-state index in [2.05, 4.69) is 20.1 Å². The van der Waals surface area contributed by atoms with Crippen molar-refractivity contribution in [2.24, 2.45) is 0 Å². The standard InChI is InChI=1S/C11H14N6O2/c1-2-19-11-13-5-8(6-14-11)3-4-9(18)17-7-15-10(12)16-17/h5-7H,2-4H2,1H3,(H2,12,16). The molecule has 0 aliphatic heterocycles. The van der Waals surface area contributed by atoms with Gasteiger partial charge in [0.05, 0.1) is 6.61 Å². The van der Waals surface area contributed by atoms with Gasteiger partial charge in [0, 0.05) is 18.8 Å². The molecule has 0 unspecified atom stereocenters. The van der Waals surface area contributed by atoms with Gasteiger partial charge in [0.25, 0.3) is 0 Å². The second-order valence-electron chi connectivity index (χ2n) is 3.75. The number of nitrogen functional groups attached to an aromatic ring is 1. The quantitative estimate of drug-likeness (QED) is 0.826. The molecule has 8 heteroatoms. The van der Waals surface area contributed by atoms with Gasteiger partial charge >= 0.3 is 6.01 Å². The van der Waals surface area contributed by atoms with E-state index in [1.165, 1.54) is 6.33 Å². The minimum atomic E-state index is -0.182. The van der Waals surface area contributed by atoms with E-state index in [-0.39, 0.29) is 18.3 Å². The Labute approximate surface area is 109 Å². The number of carbonyl (C=O) groups excluding carboxylic acids is 1.